The number of ether oxygens (including phenoxy) is 1. The van der Waals surface area contributed by atoms with Crippen LogP contribution in [0.1, 0.15) is 33.6 Å². The molecule has 150 valence electrons. The van der Waals surface area contributed by atoms with Crippen LogP contribution in [0.4, 0.5) is 0 Å². The molecule has 0 bridgehead atoms. The van der Waals surface area contributed by atoms with Gasteiger partial charge in [-0.3, -0.25) is 14.8 Å². The van der Waals surface area contributed by atoms with Crippen LogP contribution in [0.15, 0.2) is 17.1 Å². The molecule has 0 aromatic heterocycles. The first-order valence-corrected chi connectivity index (χ1v) is 10.3. The summed E-state index contributed by atoms with van der Waals surface area (Å²) >= 11 is 0. The standard InChI is InChI=1S/C20H39N5O/c1-5-21-20(22-14-18(4)16-25-10-12-26-13-11-25)23-19-6-8-24(9-7-19)15-17(2)3/h18-19H,2,5-16H2,1,3-4H3,(H2,21,22,23). The fourth-order valence-electron chi connectivity index (χ4n) is 3.66. The first-order chi connectivity index (χ1) is 12.6. The van der Waals surface area contributed by atoms with Crippen molar-refractivity contribution in [3.8, 4) is 0 Å². The van der Waals surface area contributed by atoms with Crippen LogP contribution in [-0.4, -0.2) is 87.4 Å². The average Bonchev–Trinajstić information content (AvgIpc) is 2.62. The lowest BCUT2D eigenvalue weighted by Crippen LogP contribution is -2.49. The Morgan fingerprint density at radius 2 is 1.88 bits per heavy atom. The molecular formula is C20H39N5O. The highest BCUT2D eigenvalue weighted by Gasteiger charge is 2.20. The van der Waals surface area contributed by atoms with Crippen LogP contribution in [0.25, 0.3) is 0 Å². The summed E-state index contributed by atoms with van der Waals surface area (Å²) in [7, 11) is 0. The first kappa shape index (κ1) is 21.2. The molecule has 2 heterocycles. The van der Waals surface area contributed by atoms with Crippen LogP contribution in [-0.2, 0) is 4.74 Å². The topological polar surface area (TPSA) is 52.1 Å². The van der Waals surface area contributed by atoms with Crippen molar-refractivity contribution in [3.63, 3.8) is 0 Å². The van der Waals surface area contributed by atoms with Crippen LogP contribution in [0.2, 0.25) is 0 Å². The summed E-state index contributed by atoms with van der Waals surface area (Å²) in [6.45, 7) is 20.6. The SMILES string of the molecule is C=C(C)CN1CCC(NC(=NCC(C)CN2CCOCC2)NCC)CC1. The van der Waals surface area contributed by atoms with Crippen LogP contribution in [0.5, 0.6) is 0 Å². The molecule has 2 saturated heterocycles. The molecular weight excluding hydrogens is 326 g/mol. The molecule has 2 fully saturated rings. The normalized spacial score (nSPS) is 22.2. The number of hydrogen-bond donors (Lipinski definition) is 2. The molecule has 0 spiro atoms. The van der Waals surface area contributed by atoms with Crippen molar-refractivity contribution in [1.82, 2.24) is 20.4 Å². The lowest BCUT2D eigenvalue weighted by Gasteiger charge is -2.33. The van der Waals surface area contributed by atoms with Crippen LogP contribution in [0, 0.1) is 5.92 Å². The van der Waals surface area contributed by atoms with Crippen molar-refractivity contribution in [2.24, 2.45) is 10.9 Å². The van der Waals surface area contributed by atoms with Crippen molar-refractivity contribution in [3.05, 3.63) is 12.2 Å². The summed E-state index contributed by atoms with van der Waals surface area (Å²) in [4.78, 5) is 9.83. The Morgan fingerprint density at radius 1 is 1.19 bits per heavy atom. The van der Waals surface area contributed by atoms with Crippen molar-refractivity contribution >= 4 is 5.96 Å². The number of likely N-dealkylation sites (tertiary alicyclic amines) is 1. The van der Waals surface area contributed by atoms with E-state index in [2.05, 4.69) is 47.8 Å². The monoisotopic (exact) mass is 365 g/mol. The maximum atomic E-state index is 5.43. The number of nitrogens with one attached hydrogen (secondary N) is 2. The predicted octanol–water partition coefficient (Wildman–Crippen LogP) is 1.55. The molecule has 26 heavy (non-hydrogen) atoms. The average molecular weight is 366 g/mol. The smallest absolute Gasteiger partial charge is 0.191 e. The fourth-order valence-corrected chi connectivity index (χ4v) is 3.66. The minimum Gasteiger partial charge on any atom is -0.379 e. The summed E-state index contributed by atoms with van der Waals surface area (Å²) in [5.74, 6) is 1.53. The summed E-state index contributed by atoms with van der Waals surface area (Å²) in [5.41, 5.74) is 1.25. The predicted molar refractivity (Wildman–Crippen MR) is 110 cm³/mol. The first-order valence-electron chi connectivity index (χ1n) is 10.3. The van der Waals surface area contributed by atoms with Crippen molar-refractivity contribution in [2.75, 3.05) is 65.6 Å². The Labute approximate surface area is 160 Å². The van der Waals surface area contributed by atoms with Crippen LogP contribution < -0.4 is 10.6 Å². The van der Waals surface area contributed by atoms with Gasteiger partial charge >= 0.3 is 0 Å². The van der Waals surface area contributed by atoms with Gasteiger partial charge in [-0.25, -0.2) is 0 Å². The number of piperidine rings is 1. The lowest BCUT2D eigenvalue weighted by atomic mass is 10.0. The van der Waals surface area contributed by atoms with Gasteiger partial charge < -0.3 is 15.4 Å². The highest BCUT2D eigenvalue weighted by Crippen LogP contribution is 2.11. The summed E-state index contributed by atoms with van der Waals surface area (Å²) in [5, 5.41) is 7.06. The quantitative estimate of drug-likeness (QED) is 0.388. The molecule has 2 N–H and O–H groups in total. The van der Waals surface area contributed by atoms with Gasteiger partial charge in [0.05, 0.1) is 13.2 Å². The number of hydrogen-bond acceptors (Lipinski definition) is 4. The molecule has 6 heteroatoms. The molecule has 0 amide bonds. The van der Waals surface area contributed by atoms with Crippen molar-refractivity contribution < 1.29 is 4.74 Å². The van der Waals surface area contributed by atoms with Crippen molar-refractivity contribution in [1.29, 1.82) is 0 Å². The second-order valence-corrected chi connectivity index (χ2v) is 7.89. The van der Waals surface area contributed by atoms with Gasteiger partial charge in [-0.2, -0.15) is 0 Å². The highest BCUT2D eigenvalue weighted by atomic mass is 16.5. The van der Waals surface area contributed by atoms with Crippen LogP contribution in [0.3, 0.4) is 0 Å². The fraction of sp³-hybridized carbons (Fsp3) is 0.850. The highest BCUT2D eigenvalue weighted by molar-refractivity contribution is 5.80. The Bertz CT molecular complexity index is 439. The minimum absolute atomic E-state index is 0.517. The molecule has 0 aromatic carbocycles. The van der Waals surface area contributed by atoms with Gasteiger partial charge in [0.1, 0.15) is 0 Å². The Kier molecular flexibility index (Phi) is 9.43. The summed E-state index contributed by atoms with van der Waals surface area (Å²) in [6.07, 6.45) is 2.34. The Morgan fingerprint density at radius 3 is 2.50 bits per heavy atom. The van der Waals surface area contributed by atoms with E-state index < -0.39 is 0 Å². The molecule has 0 aliphatic carbocycles. The molecule has 2 aliphatic heterocycles. The van der Waals surface area contributed by atoms with E-state index in [-0.39, 0.29) is 0 Å². The zero-order chi connectivity index (χ0) is 18.8. The maximum absolute atomic E-state index is 5.43. The molecule has 1 atom stereocenters. The van der Waals surface area contributed by atoms with E-state index in [1.54, 1.807) is 0 Å². The summed E-state index contributed by atoms with van der Waals surface area (Å²) in [6, 6.07) is 0.517. The van der Waals surface area contributed by atoms with Gasteiger partial charge in [-0.15, -0.1) is 0 Å². The van der Waals surface area contributed by atoms with Gasteiger partial charge in [-0.1, -0.05) is 19.1 Å². The van der Waals surface area contributed by atoms with E-state index in [4.69, 9.17) is 9.73 Å². The van der Waals surface area contributed by atoms with E-state index in [0.717, 1.165) is 71.5 Å². The third-order valence-electron chi connectivity index (χ3n) is 5.00. The van der Waals surface area contributed by atoms with Gasteiger partial charge in [0.15, 0.2) is 5.96 Å². The van der Waals surface area contributed by atoms with Gasteiger partial charge in [0, 0.05) is 58.4 Å². The lowest BCUT2D eigenvalue weighted by molar-refractivity contribution is 0.0323. The molecule has 0 radical (unpaired) electrons. The molecule has 2 aliphatic rings. The molecule has 2 rings (SSSR count). The molecule has 1 unspecified atom stereocenters. The van der Waals surface area contributed by atoms with E-state index in [0.29, 0.717) is 12.0 Å². The van der Waals surface area contributed by atoms with Gasteiger partial charge in [-0.05, 0) is 32.6 Å². The van der Waals surface area contributed by atoms with E-state index >= 15 is 0 Å². The number of aliphatic imine (C=N–C) groups is 1. The maximum Gasteiger partial charge on any atom is 0.191 e. The minimum atomic E-state index is 0.517. The molecule has 6 nitrogen and oxygen atoms in total. The largest absolute Gasteiger partial charge is 0.379 e. The number of nitrogens with zero attached hydrogens (tertiary/aromatic N) is 3. The second-order valence-electron chi connectivity index (χ2n) is 7.89. The molecule has 0 saturated carbocycles. The zero-order valence-corrected chi connectivity index (χ0v) is 17.1. The second kappa shape index (κ2) is 11.6. The summed E-state index contributed by atoms with van der Waals surface area (Å²) < 4.78 is 5.43. The third kappa shape index (κ3) is 8.06. The Balaban J connectivity index is 1.74. The third-order valence-corrected chi connectivity index (χ3v) is 5.00. The Hall–Kier alpha value is -1.11. The van der Waals surface area contributed by atoms with E-state index in [9.17, 15) is 0 Å². The number of guanidine groups is 1. The van der Waals surface area contributed by atoms with Crippen LogP contribution >= 0.6 is 0 Å². The van der Waals surface area contributed by atoms with Gasteiger partial charge in [0.2, 0.25) is 0 Å². The number of morpholine rings is 1. The van der Waals surface area contributed by atoms with E-state index in [1.165, 1.54) is 18.4 Å². The van der Waals surface area contributed by atoms with E-state index in [1.807, 2.05) is 0 Å². The zero-order valence-electron chi connectivity index (χ0n) is 17.1. The van der Waals surface area contributed by atoms with Gasteiger partial charge in [0.25, 0.3) is 0 Å². The molecule has 0 aromatic rings. The van der Waals surface area contributed by atoms with Crippen molar-refractivity contribution in [2.45, 2.75) is 39.7 Å². The number of rotatable bonds is 8.